The van der Waals surface area contributed by atoms with Crippen LogP contribution in [0.4, 0.5) is 0 Å². The Bertz CT molecular complexity index is 184. The van der Waals surface area contributed by atoms with E-state index in [2.05, 4.69) is 20.8 Å². The Morgan fingerprint density at radius 2 is 1.79 bits per heavy atom. The molecular formula is C14H26. The Balaban J connectivity index is 1.85. The van der Waals surface area contributed by atoms with Crippen LogP contribution in [0.2, 0.25) is 0 Å². The lowest BCUT2D eigenvalue weighted by atomic mass is 9.59. The number of hydrogen-bond acceptors (Lipinski definition) is 0. The van der Waals surface area contributed by atoms with Gasteiger partial charge in [-0.3, -0.25) is 0 Å². The molecule has 0 aromatic carbocycles. The molecule has 5 atom stereocenters. The molecule has 0 heteroatoms. The molecule has 5 unspecified atom stereocenters. The van der Waals surface area contributed by atoms with Crippen LogP contribution in [-0.4, -0.2) is 0 Å². The normalized spacial score (nSPS) is 47.8. The van der Waals surface area contributed by atoms with Crippen molar-refractivity contribution in [2.75, 3.05) is 0 Å². The summed E-state index contributed by atoms with van der Waals surface area (Å²) in [6.45, 7) is 7.21. The molecule has 0 bridgehead atoms. The van der Waals surface area contributed by atoms with E-state index in [4.69, 9.17) is 0 Å². The van der Waals surface area contributed by atoms with Gasteiger partial charge in [0.25, 0.3) is 0 Å². The Kier molecular flexibility index (Phi) is 3.19. The van der Waals surface area contributed by atoms with E-state index < -0.39 is 0 Å². The first kappa shape index (κ1) is 10.5. The third-order valence-electron chi connectivity index (χ3n) is 5.16. The van der Waals surface area contributed by atoms with Crippen LogP contribution in [0, 0.1) is 29.6 Å². The monoisotopic (exact) mass is 194 g/mol. The fourth-order valence-electron chi connectivity index (χ4n) is 4.13. The lowest BCUT2D eigenvalue weighted by Gasteiger charge is -2.46. The van der Waals surface area contributed by atoms with Crippen LogP contribution in [0.25, 0.3) is 0 Å². The highest BCUT2D eigenvalue weighted by molar-refractivity contribution is 4.92. The highest BCUT2D eigenvalue weighted by atomic mass is 14.5. The Morgan fingerprint density at radius 1 is 1.00 bits per heavy atom. The second-order valence-corrected chi connectivity index (χ2v) is 5.80. The fraction of sp³-hybridized carbons (Fsp3) is 1.00. The predicted octanol–water partition coefficient (Wildman–Crippen LogP) is 4.49. The van der Waals surface area contributed by atoms with E-state index in [1.165, 1.54) is 19.3 Å². The zero-order valence-corrected chi connectivity index (χ0v) is 10.1. The van der Waals surface area contributed by atoms with Crippen molar-refractivity contribution in [2.24, 2.45) is 29.6 Å². The van der Waals surface area contributed by atoms with Crippen LogP contribution in [0.3, 0.4) is 0 Å². The lowest BCUT2D eigenvalue weighted by Crippen LogP contribution is -2.38. The molecule has 0 amide bonds. The maximum atomic E-state index is 2.46. The summed E-state index contributed by atoms with van der Waals surface area (Å²) >= 11 is 0. The van der Waals surface area contributed by atoms with Gasteiger partial charge in [0.15, 0.2) is 0 Å². The van der Waals surface area contributed by atoms with E-state index in [1.54, 1.807) is 19.3 Å². The summed E-state index contributed by atoms with van der Waals surface area (Å²) < 4.78 is 0. The highest BCUT2D eigenvalue weighted by Gasteiger charge is 2.43. The molecule has 2 fully saturated rings. The maximum absolute atomic E-state index is 2.46. The molecule has 2 rings (SSSR count). The van der Waals surface area contributed by atoms with Gasteiger partial charge in [-0.2, -0.15) is 0 Å². The second-order valence-electron chi connectivity index (χ2n) is 5.80. The third-order valence-corrected chi connectivity index (χ3v) is 5.16. The largest absolute Gasteiger partial charge is 0.0651 e. The minimum Gasteiger partial charge on any atom is -0.0651 e. The molecule has 82 valence electrons. The summed E-state index contributed by atoms with van der Waals surface area (Å²) in [4.78, 5) is 0. The van der Waals surface area contributed by atoms with Crippen molar-refractivity contribution in [3.8, 4) is 0 Å². The Hall–Kier alpha value is 0. The average molecular weight is 194 g/mol. The molecule has 0 aliphatic heterocycles. The van der Waals surface area contributed by atoms with Crippen molar-refractivity contribution < 1.29 is 0 Å². The molecule has 2 saturated carbocycles. The lowest BCUT2D eigenvalue weighted by molar-refractivity contribution is 0.0317. The first-order valence-corrected chi connectivity index (χ1v) is 6.76. The smallest absolute Gasteiger partial charge is 0.0352 e. The molecule has 0 spiro atoms. The fourth-order valence-corrected chi connectivity index (χ4v) is 4.13. The van der Waals surface area contributed by atoms with Crippen molar-refractivity contribution in [2.45, 2.75) is 59.3 Å². The first-order valence-electron chi connectivity index (χ1n) is 6.76. The van der Waals surface area contributed by atoms with Crippen LogP contribution in [-0.2, 0) is 0 Å². The third kappa shape index (κ3) is 1.73. The maximum Gasteiger partial charge on any atom is -0.0352 e. The van der Waals surface area contributed by atoms with Gasteiger partial charge < -0.3 is 0 Å². The SMILES string of the molecule is CCC1CCC(C2CC(C)C2CC)C1. The van der Waals surface area contributed by atoms with Crippen LogP contribution in [0.5, 0.6) is 0 Å². The molecule has 0 heterocycles. The number of rotatable bonds is 3. The highest BCUT2D eigenvalue weighted by Crippen LogP contribution is 2.52. The standard InChI is InChI=1S/C14H26/c1-4-11-6-7-12(9-11)14-8-10(3)13(14)5-2/h10-14H,4-9H2,1-3H3. The summed E-state index contributed by atoms with van der Waals surface area (Å²) in [6.07, 6.45) is 9.04. The molecule has 0 saturated heterocycles. The van der Waals surface area contributed by atoms with E-state index in [0.717, 1.165) is 29.6 Å². The second kappa shape index (κ2) is 4.24. The molecule has 0 radical (unpaired) electrons. The minimum atomic E-state index is 1.03. The van der Waals surface area contributed by atoms with E-state index in [9.17, 15) is 0 Å². The van der Waals surface area contributed by atoms with E-state index in [1.807, 2.05) is 0 Å². The minimum absolute atomic E-state index is 1.03. The molecule has 2 aliphatic carbocycles. The summed E-state index contributed by atoms with van der Waals surface area (Å²) in [7, 11) is 0. The molecule has 2 aliphatic rings. The van der Waals surface area contributed by atoms with Gasteiger partial charge in [-0.1, -0.05) is 40.0 Å². The van der Waals surface area contributed by atoms with Crippen LogP contribution in [0.15, 0.2) is 0 Å². The van der Waals surface area contributed by atoms with Gasteiger partial charge in [0.2, 0.25) is 0 Å². The van der Waals surface area contributed by atoms with Crippen molar-refractivity contribution in [1.82, 2.24) is 0 Å². The summed E-state index contributed by atoms with van der Waals surface area (Å²) in [5, 5.41) is 0. The predicted molar refractivity (Wildman–Crippen MR) is 62.2 cm³/mol. The topological polar surface area (TPSA) is 0 Å². The van der Waals surface area contributed by atoms with Gasteiger partial charge in [0.05, 0.1) is 0 Å². The molecule has 0 N–H and O–H groups in total. The Morgan fingerprint density at radius 3 is 2.29 bits per heavy atom. The first-order chi connectivity index (χ1) is 6.76. The van der Waals surface area contributed by atoms with Gasteiger partial charge in [-0.05, 0) is 48.9 Å². The zero-order chi connectivity index (χ0) is 10.1. The van der Waals surface area contributed by atoms with Crippen LogP contribution < -0.4 is 0 Å². The summed E-state index contributed by atoms with van der Waals surface area (Å²) in [6, 6.07) is 0. The average Bonchev–Trinajstić information content (AvgIpc) is 2.62. The van der Waals surface area contributed by atoms with Crippen LogP contribution >= 0.6 is 0 Å². The molecule has 0 aromatic rings. The molecule has 14 heavy (non-hydrogen) atoms. The van der Waals surface area contributed by atoms with Gasteiger partial charge in [0.1, 0.15) is 0 Å². The summed E-state index contributed by atoms with van der Waals surface area (Å²) in [5.41, 5.74) is 0. The van der Waals surface area contributed by atoms with Gasteiger partial charge in [-0.25, -0.2) is 0 Å². The van der Waals surface area contributed by atoms with E-state index >= 15 is 0 Å². The van der Waals surface area contributed by atoms with Crippen molar-refractivity contribution in [3.05, 3.63) is 0 Å². The van der Waals surface area contributed by atoms with Crippen molar-refractivity contribution in [1.29, 1.82) is 0 Å². The summed E-state index contributed by atoms with van der Waals surface area (Å²) in [5.74, 6) is 5.42. The number of hydrogen-bond donors (Lipinski definition) is 0. The van der Waals surface area contributed by atoms with E-state index in [0.29, 0.717) is 0 Å². The van der Waals surface area contributed by atoms with Crippen LogP contribution in [0.1, 0.15) is 59.3 Å². The molecular weight excluding hydrogens is 168 g/mol. The van der Waals surface area contributed by atoms with E-state index in [-0.39, 0.29) is 0 Å². The Labute approximate surface area is 89.5 Å². The van der Waals surface area contributed by atoms with Crippen molar-refractivity contribution >= 4 is 0 Å². The van der Waals surface area contributed by atoms with Crippen molar-refractivity contribution in [3.63, 3.8) is 0 Å². The zero-order valence-electron chi connectivity index (χ0n) is 10.1. The van der Waals surface area contributed by atoms with Gasteiger partial charge >= 0.3 is 0 Å². The molecule has 0 nitrogen and oxygen atoms in total. The molecule has 0 aromatic heterocycles. The van der Waals surface area contributed by atoms with Gasteiger partial charge in [-0.15, -0.1) is 0 Å². The quantitative estimate of drug-likeness (QED) is 0.621. The van der Waals surface area contributed by atoms with Gasteiger partial charge in [0, 0.05) is 0 Å².